The summed E-state index contributed by atoms with van der Waals surface area (Å²) < 4.78 is 16.9. The molecule has 0 spiro atoms. The minimum Gasteiger partial charge on any atom is -0.462 e. The van der Waals surface area contributed by atoms with Crippen molar-refractivity contribution in [2.45, 2.75) is 303 Å². The van der Waals surface area contributed by atoms with Gasteiger partial charge in [-0.2, -0.15) is 0 Å². The fourth-order valence-electron chi connectivity index (χ4n) is 8.61. The van der Waals surface area contributed by atoms with E-state index in [1.807, 2.05) is 0 Å². The zero-order valence-corrected chi connectivity index (χ0v) is 47.4. The third-order valence-electron chi connectivity index (χ3n) is 13.2. The molecule has 0 aromatic rings. The lowest BCUT2D eigenvalue weighted by molar-refractivity contribution is -0.167. The number of hydrogen-bond acceptors (Lipinski definition) is 6. The smallest absolute Gasteiger partial charge is 0.306 e. The van der Waals surface area contributed by atoms with Gasteiger partial charge in [-0.3, -0.25) is 14.4 Å². The fourth-order valence-corrected chi connectivity index (χ4v) is 8.61. The molecule has 0 aliphatic rings. The van der Waals surface area contributed by atoms with Gasteiger partial charge >= 0.3 is 17.9 Å². The second kappa shape index (κ2) is 60.1. The van der Waals surface area contributed by atoms with Crippen molar-refractivity contribution in [3.63, 3.8) is 0 Å². The van der Waals surface area contributed by atoms with Crippen LogP contribution >= 0.6 is 0 Å². The Labute approximate surface area is 445 Å². The number of rotatable bonds is 55. The fraction of sp³-hybridized carbons (Fsp3) is 0.742. The van der Waals surface area contributed by atoms with Crippen molar-refractivity contribution in [2.75, 3.05) is 13.2 Å². The number of carbonyl (C=O) groups excluding carboxylic acids is 3. The minimum atomic E-state index is -0.793. The lowest BCUT2D eigenvalue weighted by Crippen LogP contribution is -2.30. The summed E-state index contributed by atoms with van der Waals surface area (Å²) in [6.07, 6.45) is 78.6. The first-order valence-corrected chi connectivity index (χ1v) is 30.6. The maximum atomic E-state index is 12.9. The van der Waals surface area contributed by atoms with Crippen LogP contribution in [-0.4, -0.2) is 37.2 Å². The summed E-state index contributed by atoms with van der Waals surface area (Å²) in [6, 6.07) is 0. The maximum Gasteiger partial charge on any atom is 0.306 e. The quantitative estimate of drug-likeness (QED) is 0.0199. The first kappa shape index (κ1) is 68.6. The van der Waals surface area contributed by atoms with Crippen LogP contribution in [0.25, 0.3) is 0 Å². The molecule has 0 aromatic carbocycles. The Balaban J connectivity index is 4.44. The molecule has 0 aromatic heterocycles. The lowest BCUT2D eigenvalue weighted by Gasteiger charge is -2.18. The van der Waals surface area contributed by atoms with Gasteiger partial charge in [0.1, 0.15) is 13.2 Å². The lowest BCUT2D eigenvalue weighted by atomic mass is 10.0. The molecule has 0 saturated carbocycles. The van der Waals surface area contributed by atoms with Gasteiger partial charge in [0.25, 0.3) is 0 Å². The molecule has 0 amide bonds. The Morgan fingerprint density at radius 3 is 0.958 bits per heavy atom. The van der Waals surface area contributed by atoms with Gasteiger partial charge in [-0.05, 0) is 83.5 Å². The van der Waals surface area contributed by atoms with E-state index in [4.69, 9.17) is 14.2 Å². The van der Waals surface area contributed by atoms with E-state index in [2.05, 4.69) is 106 Å². The van der Waals surface area contributed by atoms with Gasteiger partial charge in [0.05, 0.1) is 0 Å². The topological polar surface area (TPSA) is 78.9 Å². The molecule has 6 heteroatoms. The molecule has 0 fully saturated rings. The molecule has 414 valence electrons. The molecule has 0 saturated heterocycles. The SMILES string of the molecule is CC/C=C\C/C=C\C/C=C\C/C=C\CCCCCCCCC(=O)OCC(COC(=O)CCCCCCCCCCCCCCCCCCC)OC(=O)CCCCCCC\C=C/C=C\C=C/CCCCCCC. The van der Waals surface area contributed by atoms with Crippen LogP contribution in [0.4, 0.5) is 0 Å². The first-order chi connectivity index (χ1) is 35.5. The summed E-state index contributed by atoms with van der Waals surface area (Å²) in [5.41, 5.74) is 0. The van der Waals surface area contributed by atoms with E-state index in [0.29, 0.717) is 19.3 Å². The molecule has 0 heterocycles. The van der Waals surface area contributed by atoms with E-state index < -0.39 is 6.10 Å². The number of carbonyl (C=O) groups is 3. The minimum absolute atomic E-state index is 0.0875. The van der Waals surface area contributed by atoms with E-state index in [0.717, 1.165) is 122 Å². The van der Waals surface area contributed by atoms with Crippen molar-refractivity contribution < 1.29 is 28.6 Å². The molecule has 1 unspecified atom stereocenters. The summed E-state index contributed by atoms with van der Waals surface area (Å²) in [7, 11) is 0. The Hall–Kier alpha value is -3.41. The highest BCUT2D eigenvalue weighted by Gasteiger charge is 2.19. The number of esters is 3. The Morgan fingerprint density at radius 2 is 0.597 bits per heavy atom. The monoisotopic (exact) mass is 1000 g/mol. The summed E-state index contributed by atoms with van der Waals surface area (Å²) in [6.45, 7) is 6.51. The number of allylic oxidation sites excluding steroid dienone is 14. The zero-order valence-electron chi connectivity index (χ0n) is 47.4. The summed E-state index contributed by atoms with van der Waals surface area (Å²) in [5, 5.41) is 0. The second-order valence-corrected chi connectivity index (χ2v) is 20.3. The largest absolute Gasteiger partial charge is 0.462 e. The van der Waals surface area contributed by atoms with Crippen LogP contribution in [0.15, 0.2) is 85.1 Å². The van der Waals surface area contributed by atoms with Gasteiger partial charge in [0.2, 0.25) is 0 Å². The highest BCUT2D eigenvalue weighted by atomic mass is 16.6. The van der Waals surface area contributed by atoms with Crippen LogP contribution in [-0.2, 0) is 28.6 Å². The van der Waals surface area contributed by atoms with Crippen molar-refractivity contribution in [1.29, 1.82) is 0 Å². The highest BCUT2D eigenvalue weighted by Crippen LogP contribution is 2.16. The van der Waals surface area contributed by atoms with E-state index in [1.165, 1.54) is 135 Å². The van der Waals surface area contributed by atoms with Crippen LogP contribution in [0.2, 0.25) is 0 Å². The van der Waals surface area contributed by atoms with E-state index in [1.54, 1.807) is 0 Å². The van der Waals surface area contributed by atoms with Gasteiger partial charge in [0.15, 0.2) is 6.10 Å². The van der Waals surface area contributed by atoms with Crippen molar-refractivity contribution in [2.24, 2.45) is 0 Å². The zero-order chi connectivity index (χ0) is 52.2. The predicted octanol–water partition coefficient (Wildman–Crippen LogP) is 20.7. The standard InChI is InChI=1S/C66H114O6/c1-4-7-10-13-16-19-22-25-28-31-33-36-38-41-44-47-50-53-56-59-65(68)71-62-63(61-70-64(67)58-55-52-49-46-43-40-37-34-30-27-24-21-18-15-12-9-6-3)72-66(69)60-57-54-51-48-45-42-39-35-32-29-26-23-20-17-14-11-8-5-2/h7,10,16,19,23,25-26,28-29,32-33,35-36,39,63H,4-6,8-9,11-15,17-18,20-22,24,27,30-31,34,37-38,40-62H2,1-3H3/b10-7-,19-16-,26-23-,28-25-,32-29-,36-33-,39-35-. The highest BCUT2D eigenvalue weighted by molar-refractivity contribution is 5.71. The van der Waals surface area contributed by atoms with E-state index in [9.17, 15) is 14.4 Å². The second-order valence-electron chi connectivity index (χ2n) is 20.3. The van der Waals surface area contributed by atoms with Crippen LogP contribution in [0.1, 0.15) is 297 Å². The van der Waals surface area contributed by atoms with E-state index in [-0.39, 0.29) is 31.1 Å². The molecular formula is C66H114O6. The molecule has 0 radical (unpaired) electrons. The van der Waals surface area contributed by atoms with Crippen LogP contribution in [0, 0.1) is 0 Å². The molecule has 1 atom stereocenters. The van der Waals surface area contributed by atoms with E-state index >= 15 is 0 Å². The number of ether oxygens (including phenoxy) is 3. The normalized spacial score (nSPS) is 12.7. The van der Waals surface area contributed by atoms with Gasteiger partial charge in [0, 0.05) is 19.3 Å². The molecule has 0 aliphatic carbocycles. The Bertz CT molecular complexity index is 1380. The van der Waals surface area contributed by atoms with Crippen LogP contribution < -0.4 is 0 Å². The van der Waals surface area contributed by atoms with Crippen molar-refractivity contribution >= 4 is 17.9 Å². The predicted molar refractivity (Wildman–Crippen MR) is 311 cm³/mol. The Morgan fingerprint density at radius 1 is 0.306 bits per heavy atom. The van der Waals surface area contributed by atoms with Crippen molar-refractivity contribution in [1.82, 2.24) is 0 Å². The molecule has 0 bridgehead atoms. The third-order valence-corrected chi connectivity index (χ3v) is 13.2. The van der Waals surface area contributed by atoms with Crippen LogP contribution in [0.5, 0.6) is 0 Å². The summed E-state index contributed by atoms with van der Waals surface area (Å²) >= 11 is 0. The van der Waals surface area contributed by atoms with Crippen molar-refractivity contribution in [3.8, 4) is 0 Å². The van der Waals surface area contributed by atoms with Crippen molar-refractivity contribution in [3.05, 3.63) is 85.1 Å². The molecule has 0 aliphatic heterocycles. The average Bonchev–Trinajstić information content (AvgIpc) is 3.38. The van der Waals surface area contributed by atoms with Crippen LogP contribution in [0.3, 0.4) is 0 Å². The first-order valence-electron chi connectivity index (χ1n) is 30.6. The molecule has 0 rings (SSSR count). The maximum absolute atomic E-state index is 12.9. The van der Waals surface area contributed by atoms with Gasteiger partial charge in [-0.25, -0.2) is 0 Å². The average molecular weight is 1000 g/mol. The number of unbranched alkanes of at least 4 members (excludes halogenated alkanes) is 32. The van der Waals surface area contributed by atoms with Gasteiger partial charge in [-0.1, -0.05) is 279 Å². The van der Waals surface area contributed by atoms with Gasteiger partial charge < -0.3 is 14.2 Å². The Kier molecular flexibility index (Phi) is 57.3. The summed E-state index contributed by atoms with van der Waals surface area (Å²) in [4.78, 5) is 38.3. The molecule has 6 nitrogen and oxygen atoms in total. The molecule has 0 N–H and O–H groups in total. The van der Waals surface area contributed by atoms with Gasteiger partial charge in [-0.15, -0.1) is 0 Å². The summed E-state index contributed by atoms with van der Waals surface area (Å²) in [5.74, 6) is -0.910. The molecular weight excluding hydrogens is 889 g/mol. The molecule has 72 heavy (non-hydrogen) atoms. The number of hydrogen-bond donors (Lipinski definition) is 0. The third kappa shape index (κ3) is 57.5.